The highest BCUT2D eigenvalue weighted by atomic mass is 35.5. The van der Waals surface area contributed by atoms with Crippen molar-refractivity contribution < 1.29 is 0 Å². The normalized spacial score (nSPS) is 10.7. The monoisotopic (exact) mass is 284 g/mol. The van der Waals surface area contributed by atoms with Gasteiger partial charge in [0.25, 0.3) is 0 Å². The van der Waals surface area contributed by atoms with Gasteiger partial charge in [-0.2, -0.15) is 0 Å². The van der Waals surface area contributed by atoms with Crippen LogP contribution in [0.15, 0.2) is 49.1 Å². The van der Waals surface area contributed by atoms with Gasteiger partial charge in [-0.1, -0.05) is 17.7 Å². The molecule has 2 N–H and O–H groups in total. The zero-order chi connectivity index (χ0) is 14.1. The summed E-state index contributed by atoms with van der Waals surface area (Å²) in [6, 6.07) is 9.60. The fourth-order valence-corrected chi connectivity index (χ4v) is 2.32. The highest BCUT2D eigenvalue weighted by Crippen LogP contribution is 2.28. The van der Waals surface area contributed by atoms with Crippen molar-refractivity contribution in [3.05, 3.63) is 59.6 Å². The number of aryl methyl sites for hydroxylation is 1. The van der Waals surface area contributed by atoms with Crippen LogP contribution in [0.5, 0.6) is 0 Å². The lowest BCUT2D eigenvalue weighted by Gasteiger charge is -2.11. The number of anilines is 1. The molecule has 3 rings (SSSR count). The SMILES string of the molecule is Cc1ccc(Cl)c(-n2cncc2-c2ccnc(N)c2)c1. The van der Waals surface area contributed by atoms with Crippen LogP contribution in [0.25, 0.3) is 16.9 Å². The van der Waals surface area contributed by atoms with Gasteiger partial charge in [-0.05, 0) is 36.8 Å². The molecule has 1 aromatic carbocycles. The molecule has 0 atom stereocenters. The van der Waals surface area contributed by atoms with Crippen LogP contribution in [-0.4, -0.2) is 14.5 Å². The lowest BCUT2D eigenvalue weighted by Crippen LogP contribution is -1.98. The zero-order valence-corrected chi connectivity index (χ0v) is 11.7. The van der Waals surface area contributed by atoms with Crippen LogP contribution >= 0.6 is 11.6 Å². The number of imidazole rings is 1. The molecule has 0 unspecified atom stereocenters. The minimum atomic E-state index is 0.477. The van der Waals surface area contributed by atoms with Gasteiger partial charge in [0, 0.05) is 11.8 Å². The van der Waals surface area contributed by atoms with E-state index in [1.807, 2.05) is 41.8 Å². The Morgan fingerprint density at radius 2 is 2.05 bits per heavy atom. The maximum atomic E-state index is 6.29. The largest absolute Gasteiger partial charge is 0.384 e. The number of hydrogen-bond donors (Lipinski definition) is 1. The van der Waals surface area contributed by atoms with Gasteiger partial charge in [-0.15, -0.1) is 0 Å². The van der Waals surface area contributed by atoms with Crippen LogP contribution in [0.1, 0.15) is 5.56 Å². The van der Waals surface area contributed by atoms with E-state index in [9.17, 15) is 0 Å². The molecule has 0 radical (unpaired) electrons. The molecule has 0 saturated heterocycles. The van der Waals surface area contributed by atoms with Gasteiger partial charge in [0.15, 0.2) is 0 Å². The van der Waals surface area contributed by atoms with E-state index in [1.165, 1.54) is 0 Å². The summed E-state index contributed by atoms with van der Waals surface area (Å²) in [5, 5.41) is 0.678. The molecule has 0 aliphatic carbocycles. The molecule has 0 aliphatic heterocycles. The van der Waals surface area contributed by atoms with Gasteiger partial charge in [-0.3, -0.25) is 4.57 Å². The first-order valence-electron chi connectivity index (χ1n) is 6.16. The summed E-state index contributed by atoms with van der Waals surface area (Å²) in [5.74, 6) is 0.477. The average Bonchev–Trinajstić information content (AvgIpc) is 2.90. The summed E-state index contributed by atoms with van der Waals surface area (Å²) in [6.07, 6.45) is 5.21. The average molecular weight is 285 g/mol. The van der Waals surface area contributed by atoms with E-state index in [4.69, 9.17) is 17.3 Å². The molecular weight excluding hydrogens is 272 g/mol. The minimum Gasteiger partial charge on any atom is -0.384 e. The fraction of sp³-hybridized carbons (Fsp3) is 0.0667. The van der Waals surface area contributed by atoms with Crippen LogP contribution in [0, 0.1) is 6.92 Å². The van der Waals surface area contributed by atoms with Crippen molar-refractivity contribution in [2.75, 3.05) is 5.73 Å². The molecular formula is C15H13ClN4. The lowest BCUT2D eigenvalue weighted by atomic mass is 10.1. The summed E-state index contributed by atoms with van der Waals surface area (Å²) in [4.78, 5) is 8.22. The van der Waals surface area contributed by atoms with Crippen molar-refractivity contribution in [1.82, 2.24) is 14.5 Å². The Morgan fingerprint density at radius 1 is 1.20 bits per heavy atom. The van der Waals surface area contributed by atoms with Gasteiger partial charge in [-0.25, -0.2) is 9.97 Å². The maximum absolute atomic E-state index is 6.29. The molecule has 0 spiro atoms. The number of nitrogen functional groups attached to an aromatic ring is 1. The van der Waals surface area contributed by atoms with Gasteiger partial charge < -0.3 is 5.73 Å². The Labute approximate surface area is 121 Å². The van der Waals surface area contributed by atoms with Crippen LogP contribution < -0.4 is 5.73 Å². The first kappa shape index (κ1) is 12.7. The molecule has 2 heterocycles. The standard InChI is InChI=1S/C15H13ClN4/c1-10-2-3-12(16)13(6-10)20-9-18-8-14(20)11-4-5-19-15(17)7-11/h2-9H,1H3,(H2,17,19). The molecule has 0 aliphatic rings. The Balaban J connectivity index is 2.18. The Bertz CT molecular complexity index is 764. The van der Waals surface area contributed by atoms with E-state index in [-0.39, 0.29) is 0 Å². The number of nitrogens with zero attached hydrogens (tertiary/aromatic N) is 3. The Morgan fingerprint density at radius 3 is 2.85 bits per heavy atom. The third-order valence-corrected chi connectivity index (χ3v) is 3.40. The summed E-state index contributed by atoms with van der Waals surface area (Å²) in [7, 11) is 0. The molecule has 0 bridgehead atoms. The van der Waals surface area contributed by atoms with Crippen LogP contribution in [0.3, 0.4) is 0 Å². The second-order valence-electron chi connectivity index (χ2n) is 4.57. The van der Waals surface area contributed by atoms with E-state index in [0.29, 0.717) is 10.8 Å². The number of rotatable bonds is 2. The van der Waals surface area contributed by atoms with E-state index in [0.717, 1.165) is 22.5 Å². The van der Waals surface area contributed by atoms with Crippen LogP contribution in [-0.2, 0) is 0 Å². The number of aromatic nitrogens is 3. The van der Waals surface area contributed by atoms with Crippen molar-refractivity contribution in [1.29, 1.82) is 0 Å². The molecule has 20 heavy (non-hydrogen) atoms. The molecule has 4 nitrogen and oxygen atoms in total. The first-order valence-corrected chi connectivity index (χ1v) is 6.54. The van der Waals surface area contributed by atoms with E-state index < -0.39 is 0 Å². The van der Waals surface area contributed by atoms with E-state index >= 15 is 0 Å². The summed E-state index contributed by atoms with van der Waals surface area (Å²) in [5.41, 5.74) is 9.65. The minimum absolute atomic E-state index is 0.477. The fourth-order valence-electron chi connectivity index (χ4n) is 2.12. The predicted molar refractivity (Wildman–Crippen MR) is 81.0 cm³/mol. The van der Waals surface area contributed by atoms with Crippen molar-refractivity contribution in [2.24, 2.45) is 0 Å². The molecule has 0 fully saturated rings. The number of benzene rings is 1. The summed E-state index contributed by atoms with van der Waals surface area (Å²) >= 11 is 6.29. The molecule has 5 heteroatoms. The molecule has 0 saturated carbocycles. The quantitative estimate of drug-likeness (QED) is 0.784. The Hall–Kier alpha value is -2.33. The molecule has 3 aromatic rings. The summed E-state index contributed by atoms with van der Waals surface area (Å²) in [6.45, 7) is 2.03. The van der Waals surface area contributed by atoms with E-state index in [1.54, 1.807) is 18.7 Å². The second kappa shape index (κ2) is 4.98. The smallest absolute Gasteiger partial charge is 0.123 e. The van der Waals surface area contributed by atoms with Crippen molar-refractivity contribution in [3.8, 4) is 16.9 Å². The molecule has 2 aromatic heterocycles. The van der Waals surface area contributed by atoms with Gasteiger partial charge in [0.1, 0.15) is 5.82 Å². The number of pyridine rings is 1. The van der Waals surface area contributed by atoms with Crippen molar-refractivity contribution in [2.45, 2.75) is 6.92 Å². The summed E-state index contributed by atoms with van der Waals surface area (Å²) < 4.78 is 1.95. The number of nitrogens with two attached hydrogens (primary N) is 1. The topological polar surface area (TPSA) is 56.7 Å². The highest BCUT2D eigenvalue weighted by Gasteiger charge is 2.10. The van der Waals surface area contributed by atoms with Crippen molar-refractivity contribution in [3.63, 3.8) is 0 Å². The van der Waals surface area contributed by atoms with Gasteiger partial charge >= 0.3 is 0 Å². The van der Waals surface area contributed by atoms with Crippen LogP contribution in [0.2, 0.25) is 5.02 Å². The highest BCUT2D eigenvalue weighted by molar-refractivity contribution is 6.32. The first-order chi connectivity index (χ1) is 9.65. The van der Waals surface area contributed by atoms with Gasteiger partial charge in [0.2, 0.25) is 0 Å². The number of hydrogen-bond acceptors (Lipinski definition) is 3. The third kappa shape index (κ3) is 2.26. The van der Waals surface area contributed by atoms with Gasteiger partial charge in [0.05, 0.1) is 28.9 Å². The maximum Gasteiger partial charge on any atom is 0.123 e. The number of halogens is 1. The van der Waals surface area contributed by atoms with Crippen LogP contribution in [0.4, 0.5) is 5.82 Å². The molecule has 100 valence electrons. The lowest BCUT2D eigenvalue weighted by molar-refractivity contribution is 1.06. The predicted octanol–water partition coefficient (Wildman–Crippen LogP) is 3.48. The van der Waals surface area contributed by atoms with E-state index in [2.05, 4.69) is 9.97 Å². The Kier molecular flexibility index (Phi) is 3.16. The van der Waals surface area contributed by atoms with Crippen molar-refractivity contribution >= 4 is 17.4 Å². The zero-order valence-electron chi connectivity index (χ0n) is 10.9. The molecule has 0 amide bonds. The third-order valence-electron chi connectivity index (χ3n) is 3.08. The second-order valence-corrected chi connectivity index (χ2v) is 4.98.